The second-order valence-corrected chi connectivity index (χ2v) is 8.83. The number of amides is 1. The molecule has 146 valence electrons. The molecule has 6 nitrogen and oxygen atoms in total. The van der Waals surface area contributed by atoms with E-state index < -0.39 is 10.0 Å². The number of likely N-dealkylation sites (tertiary alicyclic amines) is 1. The van der Waals surface area contributed by atoms with Crippen molar-refractivity contribution in [2.24, 2.45) is 10.3 Å². The fraction of sp³-hybridized carbons (Fsp3) is 0.500. The van der Waals surface area contributed by atoms with Crippen LogP contribution in [0.5, 0.6) is 0 Å². The van der Waals surface area contributed by atoms with E-state index in [1.165, 1.54) is 0 Å². The molecule has 1 aromatic rings. The zero-order valence-corrected chi connectivity index (χ0v) is 16.9. The van der Waals surface area contributed by atoms with Crippen LogP contribution in [0, 0.1) is 5.92 Å². The number of benzene rings is 1. The van der Waals surface area contributed by atoms with Gasteiger partial charge in [-0.25, -0.2) is 0 Å². The molecule has 1 unspecified atom stereocenters. The molecule has 1 fully saturated rings. The third kappa shape index (κ3) is 4.08. The zero-order valence-electron chi connectivity index (χ0n) is 16.1. The first kappa shape index (κ1) is 19.6. The van der Waals surface area contributed by atoms with E-state index >= 15 is 0 Å². The summed E-state index contributed by atoms with van der Waals surface area (Å²) in [4.78, 5) is 14.4. The van der Waals surface area contributed by atoms with Gasteiger partial charge in [0.05, 0.1) is 0 Å². The Morgan fingerprint density at radius 3 is 2.48 bits per heavy atom. The van der Waals surface area contributed by atoms with Crippen molar-refractivity contribution >= 4 is 26.7 Å². The average Bonchev–Trinajstić information content (AvgIpc) is 2.91. The van der Waals surface area contributed by atoms with Crippen molar-refractivity contribution in [2.75, 3.05) is 13.1 Å². The van der Waals surface area contributed by atoms with Crippen molar-refractivity contribution in [3.05, 3.63) is 41.5 Å². The smallest absolute Gasteiger partial charge is 0.285 e. The molecule has 1 saturated heterocycles. The van der Waals surface area contributed by atoms with Gasteiger partial charge in [0.2, 0.25) is 5.91 Å². The van der Waals surface area contributed by atoms with Crippen LogP contribution in [-0.2, 0) is 14.8 Å². The maximum atomic E-state index is 12.6. The number of sulfonamides is 1. The molecular formula is C20H27N3O3S. The highest BCUT2D eigenvalue weighted by atomic mass is 32.2. The van der Waals surface area contributed by atoms with Crippen LogP contribution in [0.3, 0.4) is 0 Å². The summed E-state index contributed by atoms with van der Waals surface area (Å²) in [5.74, 6) is 0.658. The van der Waals surface area contributed by atoms with Gasteiger partial charge in [-0.05, 0) is 31.7 Å². The van der Waals surface area contributed by atoms with Gasteiger partial charge in [-0.2, -0.15) is 8.42 Å². The number of carbonyl (C=O) groups excluding carboxylic acids is 1. The van der Waals surface area contributed by atoms with Gasteiger partial charge in [0.25, 0.3) is 10.0 Å². The fourth-order valence-electron chi connectivity index (χ4n) is 3.54. The number of carbonyl (C=O) groups is 1. The Hall–Kier alpha value is -2.15. The topological polar surface area (TPSA) is 78.8 Å². The van der Waals surface area contributed by atoms with Crippen LogP contribution in [0.2, 0.25) is 0 Å². The van der Waals surface area contributed by atoms with E-state index in [9.17, 15) is 13.2 Å². The van der Waals surface area contributed by atoms with Crippen LogP contribution in [0.4, 0.5) is 0 Å². The van der Waals surface area contributed by atoms with Gasteiger partial charge in [0, 0.05) is 30.6 Å². The third-order valence-electron chi connectivity index (χ3n) is 5.38. The summed E-state index contributed by atoms with van der Waals surface area (Å²) in [6.07, 6.45) is 2.40. The second-order valence-electron chi connectivity index (χ2n) is 7.29. The molecule has 7 heteroatoms. The van der Waals surface area contributed by atoms with Gasteiger partial charge in [0.15, 0.2) is 0 Å². The van der Waals surface area contributed by atoms with Crippen molar-refractivity contribution in [3.63, 3.8) is 0 Å². The van der Waals surface area contributed by atoms with Crippen molar-refractivity contribution in [1.29, 1.82) is 0 Å². The molecule has 0 bridgehead atoms. The lowest BCUT2D eigenvalue weighted by atomic mass is 10.0. The maximum absolute atomic E-state index is 12.6. The molecule has 0 saturated carbocycles. The van der Waals surface area contributed by atoms with Crippen molar-refractivity contribution in [1.82, 2.24) is 10.2 Å². The lowest BCUT2D eigenvalue weighted by Gasteiger charge is -2.34. The average molecular weight is 390 g/mol. The van der Waals surface area contributed by atoms with Gasteiger partial charge in [-0.3, -0.25) is 4.79 Å². The summed E-state index contributed by atoms with van der Waals surface area (Å²) in [7, 11) is -3.68. The van der Waals surface area contributed by atoms with E-state index in [1.54, 1.807) is 12.1 Å². The summed E-state index contributed by atoms with van der Waals surface area (Å²) >= 11 is 0. The molecule has 0 aromatic heterocycles. The number of nitrogens with zero attached hydrogens (tertiary/aromatic N) is 2. The van der Waals surface area contributed by atoms with Gasteiger partial charge < -0.3 is 10.2 Å². The van der Waals surface area contributed by atoms with Crippen LogP contribution in [-0.4, -0.2) is 44.2 Å². The van der Waals surface area contributed by atoms with Gasteiger partial charge in [0.1, 0.15) is 10.7 Å². The molecule has 2 aliphatic heterocycles. The van der Waals surface area contributed by atoms with Crippen molar-refractivity contribution in [3.8, 4) is 0 Å². The number of hydrogen-bond donors (Lipinski definition) is 1. The fourth-order valence-corrected chi connectivity index (χ4v) is 5.02. The summed E-state index contributed by atoms with van der Waals surface area (Å²) in [6, 6.07) is 9.25. The first-order valence-corrected chi connectivity index (χ1v) is 10.9. The Morgan fingerprint density at radius 1 is 1.26 bits per heavy atom. The molecule has 2 aliphatic rings. The summed E-state index contributed by atoms with van der Waals surface area (Å²) in [6.45, 7) is 7.12. The lowest BCUT2D eigenvalue weighted by molar-refractivity contribution is -0.125. The highest BCUT2D eigenvalue weighted by molar-refractivity contribution is 8.00. The molecule has 3 rings (SSSR count). The molecule has 0 radical (unpaired) electrons. The van der Waals surface area contributed by atoms with Crippen LogP contribution in [0.1, 0.15) is 45.6 Å². The minimum Gasteiger partial charge on any atom is -0.356 e. The monoisotopic (exact) mass is 389 g/mol. The third-order valence-corrected chi connectivity index (χ3v) is 6.85. The Labute approximate surface area is 161 Å². The minimum atomic E-state index is -3.68. The van der Waals surface area contributed by atoms with E-state index in [0.29, 0.717) is 35.0 Å². The van der Waals surface area contributed by atoms with E-state index in [2.05, 4.69) is 9.71 Å². The largest absolute Gasteiger partial charge is 0.356 e. The molecule has 1 aromatic carbocycles. The molecular weight excluding hydrogens is 362 g/mol. The number of hydrogen-bond acceptors (Lipinski definition) is 4. The Kier molecular flexibility index (Phi) is 5.69. The summed E-state index contributed by atoms with van der Waals surface area (Å²) < 4.78 is 29.3. The highest BCUT2D eigenvalue weighted by Gasteiger charge is 2.35. The predicted octanol–water partition coefficient (Wildman–Crippen LogP) is 2.79. The van der Waals surface area contributed by atoms with Crippen molar-refractivity contribution < 1.29 is 13.2 Å². The molecule has 2 heterocycles. The van der Waals surface area contributed by atoms with Gasteiger partial charge >= 0.3 is 0 Å². The quantitative estimate of drug-likeness (QED) is 0.859. The highest BCUT2D eigenvalue weighted by Crippen LogP contribution is 2.34. The molecule has 27 heavy (non-hydrogen) atoms. The molecule has 1 atom stereocenters. The maximum Gasteiger partial charge on any atom is 0.285 e. The van der Waals surface area contributed by atoms with E-state index in [1.807, 2.05) is 43.9 Å². The van der Waals surface area contributed by atoms with Crippen LogP contribution >= 0.6 is 0 Å². The van der Waals surface area contributed by atoms with Crippen LogP contribution < -0.4 is 5.32 Å². The molecule has 1 N–H and O–H groups in total. The first-order valence-electron chi connectivity index (χ1n) is 9.50. The first-order chi connectivity index (χ1) is 12.8. The van der Waals surface area contributed by atoms with E-state index in [-0.39, 0.29) is 17.9 Å². The summed E-state index contributed by atoms with van der Waals surface area (Å²) in [5.41, 5.74) is 1.37. The van der Waals surface area contributed by atoms with Crippen molar-refractivity contribution in [2.45, 2.75) is 46.1 Å². The standard InChI is InChI=1S/C20H27N3O3S/c1-4-14(2)20(24)21-17-10-12-23(13-11-17)19-15(3)18(27(25,26)22-19)16-8-6-5-7-9-16/h5-9,14,17H,4,10-13H2,1-3H3,(H,21,24). The van der Waals surface area contributed by atoms with Gasteiger partial charge in [-0.15, -0.1) is 4.40 Å². The Bertz CT molecular complexity index is 867. The van der Waals surface area contributed by atoms with Gasteiger partial charge in [-0.1, -0.05) is 44.2 Å². The lowest BCUT2D eigenvalue weighted by Crippen LogP contribution is -2.47. The zero-order chi connectivity index (χ0) is 19.6. The SMILES string of the molecule is CCC(C)C(=O)NC1CCN(C2=NS(=O)(=O)C(c3ccccc3)=C2C)CC1. The molecule has 0 spiro atoms. The Balaban J connectivity index is 1.72. The van der Waals surface area contributed by atoms with Crippen LogP contribution in [0.15, 0.2) is 40.3 Å². The predicted molar refractivity (Wildman–Crippen MR) is 108 cm³/mol. The van der Waals surface area contributed by atoms with E-state index in [4.69, 9.17) is 0 Å². The summed E-state index contributed by atoms with van der Waals surface area (Å²) in [5, 5.41) is 3.11. The number of nitrogens with one attached hydrogen (secondary N) is 1. The van der Waals surface area contributed by atoms with E-state index in [0.717, 1.165) is 19.3 Å². The normalized spacial score (nSPS) is 21.1. The number of rotatable bonds is 4. The Morgan fingerprint density at radius 2 is 1.89 bits per heavy atom. The number of piperidine rings is 1. The van der Waals surface area contributed by atoms with Crippen LogP contribution in [0.25, 0.3) is 4.91 Å². The minimum absolute atomic E-state index is 0.0194. The molecule has 1 amide bonds. The number of amidine groups is 1. The second kappa shape index (κ2) is 7.84. The molecule has 0 aliphatic carbocycles.